The summed E-state index contributed by atoms with van der Waals surface area (Å²) in [6, 6.07) is 9.62. The number of amides is 6. The topological polar surface area (TPSA) is 381 Å². The van der Waals surface area contributed by atoms with Gasteiger partial charge in [-0.1, -0.05) is 56.7 Å². The third-order valence-corrected chi connectivity index (χ3v) is 26.9. The molecule has 0 aromatic heterocycles. The number of imide groups is 2. The van der Waals surface area contributed by atoms with Crippen molar-refractivity contribution >= 4 is 112 Å². The van der Waals surface area contributed by atoms with Gasteiger partial charge >= 0.3 is 47.7 Å². The predicted octanol–water partition coefficient (Wildman–Crippen LogP) is 8.35. The van der Waals surface area contributed by atoms with Gasteiger partial charge in [0.2, 0.25) is 17.6 Å². The Morgan fingerprint density at radius 3 is 1.82 bits per heavy atom. The van der Waals surface area contributed by atoms with Crippen molar-refractivity contribution in [3.05, 3.63) is 113 Å². The van der Waals surface area contributed by atoms with E-state index in [-0.39, 0.29) is 104 Å². The average Bonchev–Trinajstić information content (AvgIpc) is 1.58. The van der Waals surface area contributed by atoms with Crippen LogP contribution in [0.4, 0.5) is 18.9 Å². The Morgan fingerprint density at radius 2 is 1.32 bits per heavy atom. The number of cyclic esters (lactones) is 1. The molecule has 11 rings (SSSR count). The number of halogens is 3. The van der Waals surface area contributed by atoms with Crippen LogP contribution in [0.15, 0.2) is 95.8 Å². The molecule has 2 aromatic carbocycles. The molecule has 114 heavy (non-hydrogen) atoms. The summed E-state index contributed by atoms with van der Waals surface area (Å²) in [5.41, 5.74) is 0.374. The number of benzene rings is 2. The number of hydrogen-bond acceptors (Lipinski definition) is 21. The minimum atomic E-state index is -4.46. The van der Waals surface area contributed by atoms with Gasteiger partial charge in [-0.25, -0.2) is 18.8 Å². The summed E-state index contributed by atoms with van der Waals surface area (Å²) < 4.78 is 74.1. The third kappa shape index (κ3) is 24.9. The normalized spacial score (nSPS) is 30.1. The molecule has 0 radical (unpaired) electrons. The molecule has 9 aliphatic rings. The second-order valence-corrected chi connectivity index (χ2v) is 35.5. The first kappa shape index (κ1) is 96.1. The summed E-state index contributed by atoms with van der Waals surface area (Å²) in [7, 11) is 4.61. The Balaban J connectivity index is 0.000000282. The number of hydrogen-bond donors (Lipinski definition) is 7. The van der Waals surface area contributed by atoms with E-state index in [1.807, 2.05) is 32.9 Å². The van der Waals surface area contributed by atoms with Gasteiger partial charge in [-0.15, -0.1) is 6.58 Å². The van der Waals surface area contributed by atoms with E-state index >= 15 is 0 Å². The van der Waals surface area contributed by atoms with E-state index in [1.165, 1.54) is 64.5 Å². The number of fused-ring (bicyclic) bond motifs is 4. The number of ether oxygens (including phenoxy) is 5. The molecule has 7 N–H and O–H groups in total. The van der Waals surface area contributed by atoms with Gasteiger partial charge in [-0.3, -0.25) is 53.4 Å². The number of esters is 1. The van der Waals surface area contributed by atoms with E-state index in [0.717, 1.165) is 41.7 Å². The van der Waals surface area contributed by atoms with Crippen LogP contribution in [0.1, 0.15) is 172 Å². The second kappa shape index (κ2) is 42.1. The molecule has 624 valence electrons. The Labute approximate surface area is 691 Å². The van der Waals surface area contributed by atoms with Gasteiger partial charge in [0.15, 0.2) is 5.57 Å². The average molecular weight is 1650 g/mol. The Hall–Kier alpha value is -6.77. The van der Waals surface area contributed by atoms with Crippen LogP contribution in [-0.4, -0.2) is 266 Å². The zero-order valence-electron chi connectivity index (χ0n) is 66.3. The predicted molar refractivity (Wildman–Crippen MR) is 420 cm³/mol. The monoisotopic (exact) mass is 1650 g/mol. The number of nitrogens with zero attached hydrogens (tertiary/aromatic N) is 6. The molecule has 2 bridgehead atoms. The van der Waals surface area contributed by atoms with Crippen LogP contribution in [0.5, 0.6) is 0 Å². The van der Waals surface area contributed by atoms with Crippen LogP contribution in [0, 0.1) is 46.3 Å². The number of Topliss-reactive ketones (excluding diaryl/α,β-unsaturated/α-hetero) is 2. The van der Waals surface area contributed by atoms with E-state index in [2.05, 4.69) is 31.2 Å². The fourth-order valence-electron chi connectivity index (χ4n) is 14.5. The van der Waals surface area contributed by atoms with Gasteiger partial charge in [-0.05, 0) is 178 Å². The van der Waals surface area contributed by atoms with Gasteiger partial charge in [0.05, 0.1) is 52.6 Å². The number of allylic oxidation sites excluding steroid dienone is 5. The number of carboxylic acids is 1. The molecule has 7 fully saturated rings. The number of rotatable bonds is 13. The number of ketones is 2. The summed E-state index contributed by atoms with van der Waals surface area (Å²) >= 11 is 5.75. The molecular formula is C80H111F3N8NaO20PS. The first-order valence-electron chi connectivity index (χ1n) is 38.2. The zero-order chi connectivity index (χ0) is 83.9. The number of nitriles is 1. The van der Waals surface area contributed by atoms with Gasteiger partial charge in [0, 0.05) is 103 Å². The van der Waals surface area contributed by atoms with Gasteiger partial charge in [0.25, 0.3) is 29.4 Å². The number of anilines is 1. The molecule has 2 aromatic rings. The van der Waals surface area contributed by atoms with Crippen LogP contribution < -0.4 is 10.6 Å². The van der Waals surface area contributed by atoms with E-state index in [0.29, 0.717) is 68.1 Å². The molecule has 8 heterocycles. The summed E-state index contributed by atoms with van der Waals surface area (Å²) in [4.78, 5) is 127. The molecule has 8 aliphatic heterocycles. The number of carbonyl (C=O) groups excluding carboxylic acids is 9. The number of alkyl halides is 3. The van der Waals surface area contributed by atoms with Crippen molar-refractivity contribution in [2.24, 2.45) is 35.0 Å². The first-order valence-corrected chi connectivity index (χ1v) is 40.8. The molecule has 0 spiro atoms. The molecule has 28 nitrogen and oxygen atoms in total. The number of nitrogens with one attached hydrogen (secondary N) is 2. The summed E-state index contributed by atoms with van der Waals surface area (Å²) in [5, 5.41) is 64.4. The zero-order valence-corrected chi connectivity index (χ0v) is 68.0. The standard InChI is InChI=1S/C44H69NO12.C13H10N2O4.C12H9F3N2O2.C6H12N3PS.C5H10O2.Na.H/c1-10-13-31-19-25(2)18-26(3)20-37(54-8)40-38(55-9)22-28(5)44(52,57-40)41(49)42(50)45-17-12-11-14-32(45)43(51)56-39(29(6)34(47)24-35(31)48)27(4)21-30-15-16-33(46)36(23-30)53-7;16-10-6-5-9(11(17)14-10)15-12(18)7-3-1-2-4-8(7)13(15)19;1-7(18)10(6-16)11(19)17-9-4-2-8(3-5-9)12(13,14)15;11-10(7-1-2-7,8-3-4-8)9-5-6-9;1-5(2,3)4(6)7;;/h10,19,21,26,28-34,36-40,46-47,52H,1,11-18,20,22-24H2,2-9H3;1-4,9H,5-6H2,(H,14,16,17);2-5,18H,1H3,(H,17,19);1-6H2;1-3H3,(H,6,7);;/b25-19+,27-21+;;10-7-;;;;/t26-,28+,29+,30-,31+,32-,33+,34-,36+,37-,38-,39+,40+,44+;;;;;;/m0....../s1. The maximum atomic E-state index is 14.3. The van der Waals surface area contributed by atoms with E-state index in [4.69, 9.17) is 51.0 Å². The summed E-state index contributed by atoms with van der Waals surface area (Å²) in [6.45, 7) is 25.5. The number of aliphatic carboxylic acids is 1. The maximum absolute atomic E-state index is 14.3. The Kier molecular flexibility index (Phi) is 35.4. The van der Waals surface area contributed by atoms with Crippen molar-refractivity contribution in [3.63, 3.8) is 0 Å². The van der Waals surface area contributed by atoms with Crippen LogP contribution in [0.2, 0.25) is 0 Å². The second-order valence-electron chi connectivity index (χ2n) is 31.3. The third-order valence-electron chi connectivity index (χ3n) is 21.4. The number of aliphatic hydroxyl groups excluding tert-OH is 3. The number of aliphatic hydroxyl groups is 4. The molecule has 1 saturated carbocycles. The summed E-state index contributed by atoms with van der Waals surface area (Å²) in [5.74, 6) is -11.8. The van der Waals surface area contributed by atoms with E-state index in [1.54, 1.807) is 72.1 Å². The fourth-order valence-corrected chi connectivity index (χ4v) is 18.9. The van der Waals surface area contributed by atoms with Crippen molar-refractivity contribution in [1.29, 1.82) is 5.26 Å². The molecule has 1 aliphatic carbocycles. The minimum absolute atomic E-state index is 0. The van der Waals surface area contributed by atoms with Gasteiger partial charge in [0.1, 0.15) is 48.4 Å². The molecule has 15 atom stereocenters. The SMILES string of the molecule is C/C(O)=C(\C#N)C(=O)Nc1ccc(C(F)(F)F)cc1.C=CC[C@@H]1/C=C(\C)C[C@H](C)C[C@H](OC)[C@H]2O[C@@](O)(C(=O)C(=O)N3CCCC[C@H]3C(=O)O[C@H](/C(C)=C/[C@@H]3CC[C@@H](O)[C@H](OC)C3)[C@H](C)[C@@H](O)CC1=O)[C@H](C)C[C@@H]2OC.CC(C)(C)C(=O)O.O=C1CCC(N2C(=O)c3ccccc3C2=O)C(=O)N1.S=P(N1CC1)(N1CC1)N1CC1.[NaH]. The number of carboxylic acid groups (broad SMARTS) is 1. The molecular weight excluding hydrogens is 1540 g/mol. The van der Waals surface area contributed by atoms with Crippen molar-refractivity contribution in [3.8, 4) is 6.07 Å². The van der Waals surface area contributed by atoms with Crippen LogP contribution in [-0.2, 0) is 80.0 Å². The molecule has 34 heteroatoms. The summed E-state index contributed by atoms with van der Waals surface area (Å²) in [6.07, 6.45) is 0.780. The Bertz CT molecular complexity index is 3930. The van der Waals surface area contributed by atoms with Crippen LogP contribution in [0.3, 0.4) is 0 Å². The first-order chi connectivity index (χ1) is 53.1. The molecule has 6 amide bonds. The van der Waals surface area contributed by atoms with Gasteiger partial charge < -0.3 is 59.4 Å². The van der Waals surface area contributed by atoms with Crippen LogP contribution in [0.25, 0.3) is 0 Å². The fraction of sp³-hybridized carbons (Fsp3) is 0.613. The quantitative estimate of drug-likeness (QED) is 0.00945. The number of methoxy groups -OCH3 is 3. The van der Waals surface area contributed by atoms with E-state index < -0.39 is 154 Å². The Morgan fingerprint density at radius 1 is 0.772 bits per heavy atom. The number of carbonyl (C=O) groups is 10. The van der Waals surface area contributed by atoms with Crippen molar-refractivity contribution in [2.75, 3.05) is 72.5 Å². The van der Waals surface area contributed by atoms with Crippen LogP contribution >= 0.6 is 6.49 Å². The van der Waals surface area contributed by atoms with Crippen molar-refractivity contribution in [1.82, 2.24) is 29.1 Å². The van der Waals surface area contributed by atoms with Gasteiger partial charge in [-0.2, -0.15) is 18.4 Å². The van der Waals surface area contributed by atoms with Crippen molar-refractivity contribution < 1.29 is 110 Å². The molecule has 6 saturated heterocycles. The molecule has 1 unspecified atom stereocenters. The van der Waals surface area contributed by atoms with E-state index in [9.17, 15) is 76.4 Å². The number of piperidine rings is 2. The van der Waals surface area contributed by atoms with Crippen molar-refractivity contribution in [2.45, 2.75) is 213 Å².